The molecular formula is C16H17F2NO. The van der Waals surface area contributed by atoms with E-state index in [0.29, 0.717) is 12.1 Å². The molecule has 0 radical (unpaired) electrons. The monoisotopic (exact) mass is 277 g/mol. The van der Waals surface area contributed by atoms with Gasteiger partial charge in [-0.3, -0.25) is 0 Å². The van der Waals surface area contributed by atoms with E-state index in [-0.39, 0.29) is 6.04 Å². The van der Waals surface area contributed by atoms with E-state index >= 15 is 0 Å². The Morgan fingerprint density at radius 1 is 1.10 bits per heavy atom. The van der Waals surface area contributed by atoms with E-state index in [1.807, 2.05) is 31.2 Å². The van der Waals surface area contributed by atoms with Crippen LogP contribution >= 0.6 is 0 Å². The van der Waals surface area contributed by atoms with Crippen molar-refractivity contribution in [1.29, 1.82) is 0 Å². The van der Waals surface area contributed by atoms with Gasteiger partial charge in [-0.05, 0) is 30.7 Å². The summed E-state index contributed by atoms with van der Waals surface area (Å²) in [5.41, 5.74) is 1.73. The third-order valence-corrected chi connectivity index (χ3v) is 3.20. The summed E-state index contributed by atoms with van der Waals surface area (Å²) in [6, 6.07) is 11.7. The second-order valence-electron chi connectivity index (χ2n) is 4.59. The Bertz CT molecular complexity index is 586. The van der Waals surface area contributed by atoms with E-state index in [1.54, 1.807) is 13.2 Å². The molecule has 1 atom stereocenters. The number of para-hydroxylation sites is 1. The largest absolute Gasteiger partial charge is 0.496 e. The summed E-state index contributed by atoms with van der Waals surface area (Å²) < 4.78 is 31.3. The van der Waals surface area contributed by atoms with E-state index in [4.69, 9.17) is 4.74 Å². The SMILES string of the molecule is COc1ccccc1[C@@H](C)NCc1ccc(F)c(F)c1. The molecule has 2 nitrogen and oxygen atoms in total. The lowest BCUT2D eigenvalue weighted by atomic mass is 10.1. The minimum absolute atomic E-state index is 0.0410. The van der Waals surface area contributed by atoms with Crippen molar-refractivity contribution < 1.29 is 13.5 Å². The fourth-order valence-electron chi connectivity index (χ4n) is 2.05. The van der Waals surface area contributed by atoms with Gasteiger partial charge in [0.25, 0.3) is 0 Å². The number of hydrogen-bond acceptors (Lipinski definition) is 2. The smallest absolute Gasteiger partial charge is 0.159 e. The molecule has 0 aliphatic carbocycles. The molecule has 0 amide bonds. The molecule has 0 aliphatic heterocycles. The van der Waals surface area contributed by atoms with E-state index in [0.717, 1.165) is 17.4 Å². The molecule has 0 aromatic heterocycles. The van der Waals surface area contributed by atoms with Crippen LogP contribution < -0.4 is 10.1 Å². The summed E-state index contributed by atoms with van der Waals surface area (Å²) in [4.78, 5) is 0. The van der Waals surface area contributed by atoms with Crippen LogP contribution in [0.5, 0.6) is 5.75 Å². The first-order valence-corrected chi connectivity index (χ1v) is 6.42. The second kappa shape index (κ2) is 6.48. The standard InChI is InChI=1S/C16H17F2NO/c1-11(13-5-3-4-6-16(13)20-2)19-10-12-7-8-14(17)15(18)9-12/h3-9,11,19H,10H2,1-2H3/t11-/m1/s1. The molecule has 0 unspecified atom stereocenters. The van der Waals surface area contributed by atoms with Gasteiger partial charge in [-0.15, -0.1) is 0 Å². The van der Waals surface area contributed by atoms with Crippen LogP contribution in [0.15, 0.2) is 42.5 Å². The average Bonchev–Trinajstić information content (AvgIpc) is 2.48. The number of rotatable bonds is 5. The lowest BCUT2D eigenvalue weighted by Crippen LogP contribution is -2.18. The van der Waals surface area contributed by atoms with E-state index in [9.17, 15) is 8.78 Å². The van der Waals surface area contributed by atoms with Crippen molar-refractivity contribution in [2.24, 2.45) is 0 Å². The van der Waals surface area contributed by atoms with Crippen molar-refractivity contribution in [1.82, 2.24) is 5.32 Å². The van der Waals surface area contributed by atoms with E-state index in [2.05, 4.69) is 5.32 Å². The zero-order chi connectivity index (χ0) is 14.5. The fourth-order valence-corrected chi connectivity index (χ4v) is 2.05. The fraction of sp³-hybridized carbons (Fsp3) is 0.250. The highest BCUT2D eigenvalue weighted by molar-refractivity contribution is 5.35. The first-order valence-electron chi connectivity index (χ1n) is 6.42. The Labute approximate surface area is 117 Å². The molecule has 106 valence electrons. The Balaban J connectivity index is 2.04. The first-order chi connectivity index (χ1) is 9.61. The topological polar surface area (TPSA) is 21.3 Å². The summed E-state index contributed by atoms with van der Waals surface area (Å²) in [6.45, 7) is 2.45. The predicted octanol–water partition coefficient (Wildman–Crippen LogP) is 3.82. The van der Waals surface area contributed by atoms with Crippen molar-refractivity contribution in [2.45, 2.75) is 19.5 Å². The maximum atomic E-state index is 13.1. The van der Waals surface area contributed by atoms with Gasteiger partial charge in [0, 0.05) is 18.2 Å². The molecule has 0 saturated heterocycles. The van der Waals surface area contributed by atoms with Crippen molar-refractivity contribution in [3.05, 3.63) is 65.2 Å². The number of methoxy groups -OCH3 is 1. The maximum Gasteiger partial charge on any atom is 0.159 e. The van der Waals surface area contributed by atoms with Crippen LogP contribution in [-0.2, 0) is 6.54 Å². The van der Waals surface area contributed by atoms with Crippen LogP contribution in [0.25, 0.3) is 0 Å². The molecule has 20 heavy (non-hydrogen) atoms. The van der Waals surface area contributed by atoms with E-state index in [1.165, 1.54) is 6.07 Å². The van der Waals surface area contributed by atoms with Crippen LogP contribution in [0, 0.1) is 11.6 Å². The molecule has 0 bridgehead atoms. The lowest BCUT2D eigenvalue weighted by Gasteiger charge is -2.17. The van der Waals surface area contributed by atoms with Crippen LogP contribution in [0.4, 0.5) is 8.78 Å². The van der Waals surface area contributed by atoms with Crippen molar-refractivity contribution >= 4 is 0 Å². The van der Waals surface area contributed by atoms with Crippen molar-refractivity contribution in [3.8, 4) is 5.75 Å². The summed E-state index contributed by atoms with van der Waals surface area (Å²) in [5.74, 6) is -0.849. The Kier molecular flexibility index (Phi) is 4.69. The van der Waals surface area contributed by atoms with Crippen molar-refractivity contribution in [2.75, 3.05) is 7.11 Å². The zero-order valence-corrected chi connectivity index (χ0v) is 11.5. The predicted molar refractivity (Wildman–Crippen MR) is 74.6 cm³/mol. The molecule has 0 fully saturated rings. The van der Waals surface area contributed by atoms with E-state index < -0.39 is 11.6 Å². The highest BCUT2D eigenvalue weighted by Crippen LogP contribution is 2.24. The third kappa shape index (κ3) is 3.33. The van der Waals surface area contributed by atoms with Gasteiger partial charge in [0.2, 0.25) is 0 Å². The Morgan fingerprint density at radius 3 is 2.55 bits per heavy atom. The number of hydrogen-bond donors (Lipinski definition) is 1. The highest BCUT2D eigenvalue weighted by atomic mass is 19.2. The summed E-state index contributed by atoms with van der Waals surface area (Å²) in [6.07, 6.45) is 0. The maximum absolute atomic E-state index is 13.1. The number of halogens is 2. The van der Waals surface area contributed by atoms with Gasteiger partial charge in [-0.2, -0.15) is 0 Å². The van der Waals surface area contributed by atoms with Gasteiger partial charge >= 0.3 is 0 Å². The summed E-state index contributed by atoms with van der Waals surface area (Å²) in [5, 5.41) is 3.27. The molecule has 0 spiro atoms. The molecule has 2 aromatic carbocycles. The Hall–Kier alpha value is -1.94. The number of ether oxygens (including phenoxy) is 1. The Morgan fingerprint density at radius 2 is 1.85 bits per heavy atom. The molecule has 2 rings (SSSR count). The quantitative estimate of drug-likeness (QED) is 0.897. The zero-order valence-electron chi connectivity index (χ0n) is 11.5. The molecule has 0 aliphatic rings. The molecule has 0 heterocycles. The lowest BCUT2D eigenvalue weighted by molar-refractivity contribution is 0.401. The average molecular weight is 277 g/mol. The highest BCUT2D eigenvalue weighted by Gasteiger charge is 2.10. The minimum Gasteiger partial charge on any atom is -0.496 e. The molecule has 2 aromatic rings. The van der Waals surface area contributed by atoms with Crippen LogP contribution in [0.1, 0.15) is 24.1 Å². The van der Waals surface area contributed by atoms with Gasteiger partial charge in [-0.25, -0.2) is 8.78 Å². The molecule has 4 heteroatoms. The minimum atomic E-state index is -0.827. The second-order valence-corrected chi connectivity index (χ2v) is 4.59. The molecule has 1 N–H and O–H groups in total. The summed E-state index contributed by atoms with van der Waals surface area (Å²) in [7, 11) is 1.63. The normalized spacial score (nSPS) is 12.2. The molecular weight excluding hydrogens is 260 g/mol. The first kappa shape index (κ1) is 14.5. The van der Waals surface area contributed by atoms with Gasteiger partial charge in [0.1, 0.15) is 5.75 Å². The number of nitrogens with one attached hydrogen (secondary N) is 1. The third-order valence-electron chi connectivity index (χ3n) is 3.20. The van der Waals surface area contributed by atoms with Gasteiger partial charge < -0.3 is 10.1 Å². The number of benzene rings is 2. The van der Waals surface area contributed by atoms with Gasteiger partial charge in [0.05, 0.1) is 7.11 Å². The van der Waals surface area contributed by atoms with Gasteiger partial charge in [0.15, 0.2) is 11.6 Å². The van der Waals surface area contributed by atoms with Crippen LogP contribution in [0.3, 0.4) is 0 Å². The van der Waals surface area contributed by atoms with Crippen LogP contribution in [-0.4, -0.2) is 7.11 Å². The molecule has 0 saturated carbocycles. The van der Waals surface area contributed by atoms with Crippen molar-refractivity contribution in [3.63, 3.8) is 0 Å². The summed E-state index contributed by atoms with van der Waals surface area (Å²) >= 11 is 0. The van der Waals surface area contributed by atoms with Crippen LogP contribution in [0.2, 0.25) is 0 Å². The van der Waals surface area contributed by atoms with Gasteiger partial charge in [-0.1, -0.05) is 24.3 Å².